The van der Waals surface area contributed by atoms with Gasteiger partial charge >= 0.3 is 0 Å². The molecule has 6 heteroatoms. The number of hydrogen-bond donors (Lipinski definition) is 0. The molecule has 0 saturated carbocycles. The number of nitrogens with zero attached hydrogens (tertiary/aromatic N) is 4. The van der Waals surface area contributed by atoms with Crippen molar-refractivity contribution in [1.29, 1.82) is 0 Å². The molecule has 1 aromatic heterocycles. The molecule has 1 fully saturated rings. The van der Waals surface area contributed by atoms with Crippen molar-refractivity contribution in [2.45, 2.75) is 66.2 Å². The average molecular weight is 489 g/mol. The topological polar surface area (TPSA) is 58.4 Å². The molecule has 0 radical (unpaired) electrons. The molecule has 0 bridgehead atoms. The molecule has 36 heavy (non-hydrogen) atoms. The first-order chi connectivity index (χ1) is 17.1. The molecule has 2 aromatic carbocycles. The van der Waals surface area contributed by atoms with Crippen LogP contribution in [0.5, 0.6) is 0 Å². The zero-order chi connectivity index (χ0) is 26.0. The van der Waals surface area contributed by atoms with Gasteiger partial charge < -0.3 is 14.4 Å². The number of likely N-dealkylation sites (tertiary alicyclic amines) is 1. The van der Waals surface area contributed by atoms with Crippen molar-refractivity contribution in [3.8, 4) is 0 Å². The number of piperidine rings is 1. The first kappa shape index (κ1) is 25.9. The van der Waals surface area contributed by atoms with Gasteiger partial charge in [0.2, 0.25) is 0 Å². The third-order valence-corrected chi connectivity index (χ3v) is 7.77. The Morgan fingerprint density at radius 2 is 1.83 bits per heavy atom. The van der Waals surface area contributed by atoms with E-state index in [0.29, 0.717) is 22.2 Å². The van der Waals surface area contributed by atoms with E-state index in [1.54, 1.807) is 13.4 Å². The molecule has 6 nitrogen and oxygen atoms in total. The summed E-state index contributed by atoms with van der Waals surface area (Å²) in [6.07, 6.45) is 5.60. The van der Waals surface area contributed by atoms with Crippen molar-refractivity contribution < 1.29 is 4.79 Å². The van der Waals surface area contributed by atoms with Gasteiger partial charge in [-0.1, -0.05) is 34.6 Å². The van der Waals surface area contributed by atoms with Gasteiger partial charge in [-0.3, -0.25) is 9.59 Å². The lowest BCUT2D eigenvalue weighted by Gasteiger charge is -2.37. The van der Waals surface area contributed by atoms with Crippen LogP contribution in [0, 0.1) is 5.41 Å². The molecule has 0 N–H and O–H groups in total. The summed E-state index contributed by atoms with van der Waals surface area (Å²) in [4.78, 5) is 34.8. The average Bonchev–Trinajstić information content (AvgIpc) is 2.88. The molecule has 1 amide bonds. The molecule has 1 saturated heterocycles. The Kier molecular flexibility index (Phi) is 7.53. The highest BCUT2D eigenvalue weighted by atomic mass is 16.2. The summed E-state index contributed by atoms with van der Waals surface area (Å²) in [5, 5.41) is 0.619. The van der Waals surface area contributed by atoms with Crippen LogP contribution in [-0.4, -0.2) is 40.0 Å². The molecule has 1 aliphatic heterocycles. The van der Waals surface area contributed by atoms with Crippen LogP contribution in [0.2, 0.25) is 0 Å². The van der Waals surface area contributed by atoms with Crippen LogP contribution in [0.4, 0.5) is 11.4 Å². The van der Waals surface area contributed by atoms with Crippen LogP contribution in [0.1, 0.15) is 82.1 Å². The van der Waals surface area contributed by atoms with Crippen LogP contribution in [0.15, 0.2) is 47.5 Å². The monoisotopic (exact) mass is 488 g/mol. The summed E-state index contributed by atoms with van der Waals surface area (Å²) in [7, 11) is 1.72. The Balaban J connectivity index is 1.73. The maximum Gasteiger partial charge on any atom is 0.260 e. The zero-order valence-corrected chi connectivity index (χ0v) is 22.7. The summed E-state index contributed by atoms with van der Waals surface area (Å²) in [5.41, 5.74) is 5.04. The third-order valence-electron chi connectivity index (χ3n) is 7.77. The SMILES string of the molecule is CCCN(c1ccc2c(=O)n(C)cnc2c1)c1ccc(C(=O)N2CCC(C)(C)CC2)cc1C(C)CC. The lowest BCUT2D eigenvalue weighted by molar-refractivity contribution is 0.0630. The van der Waals surface area contributed by atoms with E-state index in [0.717, 1.165) is 62.3 Å². The van der Waals surface area contributed by atoms with Gasteiger partial charge in [-0.2, -0.15) is 0 Å². The van der Waals surface area contributed by atoms with Crippen molar-refractivity contribution >= 4 is 28.2 Å². The molecule has 1 aliphatic rings. The minimum Gasteiger partial charge on any atom is -0.341 e. The Morgan fingerprint density at radius 3 is 2.50 bits per heavy atom. The van der Waals surface area contributed by atoms with E-state index in [4.69, 9.17) is 0 Å². The Labute approximate surface area is 214 Å². The van der Waals surface area contributed by atoms with Gasteiger partial charge in [0.25, 0.3) is 11.5 Å². The van der Waals surface area contributed by atoms with Crippen LogP contribution in [-0.2, 0) is 7.05 Å². The van der Waals surface area contributed by atoms with E-state index in [1.165, 1.54) is 10.1 Å². The second-order valence-electron chi connectivity index (χ2n) is 11.1. The highest BCUT2D eigenvalue weighted by Crippen LogP contribution is 2.37. The summed E-state index contributed by atoms with van der Waals surface area (Å²) in [6, 6.07) is 12.1. The Hall–Kier alpha value is -3.15. The number of aryl methyl sites for hydroxylation is 1. The van der Waals surface area contributed by atoms with E-state index < -0.39 is 0 Å². The van der Waals surface area contributed by atoms with Crippen molar-refractivity contribution in [1.82, 2.24) is 14.5 Å². The van der Waals surface area contributed by atoms with Gasteiger partial charge in [-0.15, -0.1) is 0 Å². The number of carbonyl (C=O) groups excluding carboxylic acids is 1. The number of fused-ring (bicyclic) bond motifs is 1. The fraction of sp³-hybridized carbons (Fsp3) is 0.500. The zero-order valence-electron chi connectivity index (χ0n) is 22.7. The van der Waals surface area contributed by atoms with E-state index in [2.05, 4.69) is 56.6 Å². The standard InChI is InChI=1S/C30H40N4O2/c1-7-15-34(23-10-11-24-26(19-23)31-20-32(6)29(24)36)27-12-9-22(18-25(27)21(3)8-2)28(35)33-16-13-30(4,5)14-17-33/h9-12,18-21H,7-8,13-17H2,1-6H3. The van der Waals surface area contributed by atoms with E-state index >= 15 is 0 Å². The number of hydrogen-bond acceptors (Lipinski definition) is 4. The largest absolute Gasteiger partial charge is 0.341 e. The van der Waals surface area contributed by atoms with Gasteiger partial charge in [-0.05, 0) is 79.0 Å². The van der Waals surface area contributed by atoms with Crippen LogP contribution in [0.25, 0.3) is 10.9 Å². The van der Waals surface area contributed by atoms with Crippen LogP contribution < -0.4 is 10.5 Å². The van der Waals surface area contributed by atoms with Gasteiger partial charge in [0, 0.05) is 43.6 Å². The summed E-state index contributed by atoms with van der Waals surface area (Å²) < 4.78 is 1.51. The normalized spacial score (nSPS) is 16.2. The van der Waals surface area contributed by atoms with Gasteiger partial charge in [0.1, 0.15) is 0 Å². The number of anilines is 2. The number of benzene rings is 2. The molecule has 1 unspecified atom stereocenters. The second-order valence-corrected chi connectivity index (χ2v) is 11.1. The number of amides is 1. The third kappa shape index (κ3) is 5.18. The van der Waals surface area contributed by atoms with Crippen molar-refractivity contribution in [3.05, 3.63) is 64.2 Å². The molecule has 0 spiro atoms. The minimum absolute atomic E-state index is 0.0437. The maximum atomic E-state index is 13.4. The second kappa shape index (κ2) is 10.5. The molecule has 4 rings (SSSR count). The maximum absolute atomic E-state index is 13.4. The Bertz CT molecular complexity index is 1300. The van der Waals surface area contributed by atoms with E-state index in [-0.39, 0.29) is 11.5 Å². The first-order valence-electron chi connectivity index (χ1n) is 13.3. The summed E-state index contributed by atoms with van der Waals surface area (Å²) in [5.74, 6) is 0.438. The lowest BCUT2D eigenvalue weighted by Crippen LogP contribution is -2.41. The minimum atomic E-state index is -0.0437. The van der Waals surface area contributed by atoms with Gasteiger partial charge in [0.15, 0.2) is 0 Å². The van der Waals surface area contributed by atoms with Gasteiger partial charge in [0.05, 0.1) is 17.2 Å². The smallest absolute Gasteiger partial charge is 0.260 e. The molecular formula is C30H40N4O2. The highest BCUT2D eigenvalue weighted by molar-refractivity contribution is 5.95. The lowest BCUT2D eigenvalue weighted by atomic mass is 9.82. The molecule has 0 aliphatic carbocycles. The summed E-state index contributed by atoms with van der Waals surface area (Å²) in [6.45, 7) is 13.6. The van der Waals surface area contributed by atoms with Gasteiger partial charge in [-0.25, -0.2) is 4.98 Å². The molecule has 192 valence electrons. The van der Waals surface area contributed by atoms with E-state index in [1.807, 2.05) is 29.2 Å². The number of carbonyl (C=O) groups is 1. The summed E-state index contributed by atoms with van der Waals surface area (Å²) >= 11 is 0. The van der Waals surface area contributed by atoms with Crippen molar-refractivity contribution in [2.24, 2.45) is 12.5 Å². The van der Waals surface area contributed by atoms with Crippen molar-refractivity contribution in [3.63, 3.8) is 0 Å². The first-order valence-corrected chi connectivity index (χ1v) is 13.3. The fourth-order valence-corrected chi connectivity index (χ4v) is 5.02. The van der Waals surface area contributed by atoms with Crippen LogP contribution in [0.3, 0.4) is 0 Å². The molecule has 2 heterocycles. The number of rotatable bonds is 7. The molecular weight excluding hydrogens is 448 g/mol. The van der Waals surface area contributed by atoms with Crippen LogP contribution >= 0.6 is 0 Å². The fourth-order valence-electron chi connectivity index (χ4n) is 5.02. The number of aromatic nitrogens is 2. The Morgan fingerprint density at radius 1 is 1.11 bits per heavy atom. The predicted octanol–water partition coefficient (Wildman–Crippen LogP) is 6.26. The highest BCUT2D eigenvalue weighted by Gasteiger charge is 2.29. The quantitative estimate of drug-likeness (QED) is 0.394. The molecule has 3 aromatic rings. The van der Waals surface area contributed by atoms with Crippen molar-refractivity contribution in [2.75, 3.05) is 24.5 Å². The predicted molar refractivity (Wildman–Crippen MR) is 148 cm³/mol. The van der Waals surface area contributed by atoms with E-state index in [9.17, 15) is 9.59 Å². The molecule has 1 atom stereocenters.